The number of esters is 1. The number of rotatable bonds is 5. The highest BCUT2D eigenvalue weighted by molar-refractivity contribution is 7.99. The van der Waals surface area contributed by atoms with Crippen molar-refractivity contribution in [2.45, 2.75) is 5.22 Å². The van der Waals surface area contributed by atoms with Crippen LogP contribution in [0.1, 0.15) is 0 Å². The molecule has 0 N–H and O–H groups in total. The lowest BCUT2D eigenvalue weighted by atomic mass is 10.2. The van der Waals surface area contributed by atoms with Crippen LogP contribution in [0.4, 0.5) is 0 Å². The molecule has 0 saturated heterocycles. The van der Waals surface area contributed by atoms with E-state index in [-0.39, 0.29) is 22.8 Å². The number of ether oxygens (including phenoxy) is 2. The number of halogens is 1. The number of hydrogen-bond acceptors (Lipinski definition) is 7. The van der Waals surface area contributed by atoms with Gasteiger partial charge in [0.15, 0.2) is 0 Å². The van der Waals surface area contributed by atoms with E-state index in [0.29, 0.717) is 16.3 Å². The molecule has 0 aliphatic heterocycles. The molecule has 2 aromatic rings. The molecule has 2 rings (SSSR count). The summed E-state index contributed by atoms with van der Waals surface area (Å²) in [5, 5.41) is 8.56. The first-order valence-corrected chi connectivity index (χ1v) is 6.87. The monoisotopic (exact) mass is 314 g/mol. The quantitative estimate of drug-likeness (QED) is 0.620. The highest BCUT2D eigenvalue weighted by Crippen LogP contribution is 2.32. The van der Waals surface area contributed by atoms with Crippen molar-refractivity contribution in [2.75, 3.05) is 20.0 Å². The lowest BCUT2D eigenvalue weighted by Crippen LogP contribution is -2.02. The number of carbonyl (C=O) groups is 1. The summed E-state index contributed by atoms with van der Waals surface area (Å²) in [4.78, 5) is 11.0. The smallest absolute Gasteiger partial charge is 0.316 e. The molecular weight excluding hydrogens is 304 g/mol. The Morgan fingerprint density at radius 2 is 2.20 bits per heavy atom. The number of methoxy groups -OCH3 is 2. The third kappa shape index (κ3) is 3.43. The van der Waals surface area contributed by atoms with Crippen molar-refractivity contribution in [2.24, 2.45) is 0 Å². The number of carbonyl (C=O) groups excluding carboxylic acids is 1. The molecule has 1 heterocycles. The Bertz CT molecular complexity index is 617. The second kappa shape index (κ2) is 6.62. The largest absolute Gasteiger partial charge is 0.496 e. The van der Waals surface area contributed by atoms with Crippen molar-refractivity contribution in [3.05, 3.63) is 23.2 Å². The van der Waals surface area contributed by atoms with Crippen LogP contribution >= 0.6 is 23.4 Å². The average molecular weight is 315 g/mol. The minimum absolute atomic E-state index is 0.102. The first-order valence-electron chi connectivity index (χ1n) is 5.51. The van der Waals surface area contributed by atoms with Gasteiger partial charge in [0.2, 0.25) is 0 Å². The molecular formula is C12H11ClN2O4S. The zero-order chi connectivity index (χ0) is 14.5. The van der Waals surface area contributed by atoms with E-state index in [4.69, 9.17) is 20.8 Å². The zero-order valence-corrected chi connectivity index (χ0v) is 12.3. The summed E-state index contributed by atoms with van der Waals surface area (Å²) in [5.74, 6) is 0.583. The van der Waals surface area contributed by atoms with Crippen molar-refractivity contribution < 1.29 is 18.7 Å². The van der Waals surface area contributed by atoms with Crippen LogP contribution in [0.3, 0.4) is 0 Å². The van der Waals surface area contributed by atoms with Crippen molar-refractivity contribution in [3.8, 4) is 17.2 Å². The maximum Gasteiger partial charge on any atom is 0.316 e. The van der Waals surface area contributed by atoms with E-state index in [1.54, 1.807) is 18.2 Å². The Morgan fingerprint density at radius 3 is 2.90 bits per heavy atom. The number of hydrogen-bond donors (Lipinski definition) is 0. The second-order valence-electron chi connectivity index (χ2n) is 3.58. The highest BCUT2D eigenvalue weighted by Gasteiger charge is 2.15. The van der Waals surface area contributed by atoms with E-state index in [0.717, 1.165) is 11.8 Å². The topological polar surface area (TPSA) is 74.5 Å². The van der Waals surface area contributed by atoms with Gasteiger partial charge in [-0.05, 0) is 18.2 Å². The number of aromatic nitrogens is 2. The van der Waals surface area contributed by atoms with Gasteiger partial charge in [0, 0.05) is 5.02 Å². The highest BCUT2D eigenvalue weighted by atomic mass is 35.5. The standard InChI is InChI=1S/C12H11ClN2O4S/c1-17-9-4-3-7(13)5-8(9)11-14-15-12(19-11)20-6-10(16)18-2/h3-5H,6H2,1-2H3. The Hall–Kier alpha value is -1.73. The molecule has 0 atom stereocenters. The SMILES string of the molecule is COC(=O)CSc1nnc(-c2cc(Cl)ccc2OC)o1. The molecule has 20 heavy (non-hydrogen) atoms. The van der Waals surface area contributed by atoms with Crippen molar-refractivity contribution in [1.29, 1.82) is 0 Å². The van der Waals surface area contributed by atoms with Crippen LogP contribution in [-0.2, 0) is 9.53 Å². The minimum atomic E-state index is -0.366. The Balaban J connectivity index is 2.20. The predicted molar refractivity (Wildman–Crippen MR) is 74.0 cm³/mol. The molecule has 0 spiro atoms. The first-order chi connectivity index (χ1) is 9.63. The Morgan fingerprint density at radius 1 is 1.40 bits per heavy atom. The summed E-state index contributed by atoms with van der Waals surface area (Å²) in [5.41, 5.74) is 0.595. The lowest BCUT2D eigenvalue weighted by molar-refractivity contribution is -0.137. The second-order valence-corrected chi connectivity index (χ2v) is 4.95. The number of benzene rings is 1. The van der Waals surface area contributed by atoms with Gasteiger partial charge in [0.05, 0.1) is 19.8 Å². The molecule has 1 aromatic carbocycles. The third-order valence-corrected chi connectivity index (χ3v) is 3.37. The van der Waals surface area contributed by atoms with Gasteiger partial charge in [-0.1, -0.05) is 23.4 Å². The Labute approximate surface area is 124 Å². The molecule has 8 heteroatoms. The van der Waals surface area contributed by atoms with E-state index in [2.05, 4.69) is 14.9 Å². The Kier molecular flexibility index (Phi) is 4.86. The van der Waals surface area contributed by atoms with Gasteiger partial charge >= 0.3 is 5.97 Å². The molecule has 0 amide bonds. The number of nitrogens with zero attached hydrogens (tertiary/aromatic N) is 2. The first kappa shape index (κ1) is 14.7. The normalized spacial score (nSPS) is 10.3. The molecule has 0 fully saturated rings. The van der Waals surface area contributed by atoms with E-state index in [1.165, 1.54) is 14.2 Å². The molecule has 0 bridgehead atoms. The fraction of sp³-hybridized carbons (Fsp3) is 0.250. The van der Waals surface area contributed by atoms with Crippen LogP contribution < -0.4 is 4.74 Å². The molecule has 0 radical (unpaired) electrons. The van der Waals surface area contributed by atoms with Crippen LogP contribution in [-0.4, -0.2) is 36.1 Å². The van der Waals surface area contributed by atoms with Crippen LogP contribution in [0.15, 0.2) is 27.8 Å². The average Bonchev–Trinajstić information content (AvgIpc) is 2.93. The van der Waals surface area contributed by atoms with Crippen LogP contribution in [0.25, 0.3) is 11.5 Å². The van der Waals surface area contributed by atoms with Crippen molar-refractivity contribution in [1.82, 2.24) is 10.2 Å². The predicted octanol–water partition coefficient (Wildman–Crippen LogP) is 2.66. The lowest BCUT2D eigenvalue weighted by Gasteiger charge is -2.04. The van der Waals surface area contributed by atoms with Gasteiger partial charge < -0.3 is 13.9 Å². The van der Waals surface area contributed by atoms with Gasteiger partial charge in [-0.2, -0.15) is 0 Å². The summed E-state index contributed by atoms with van der Waals surface area (Å²) in [6.07, 6.45) is 0. The molecule has 0 aliphatic rings. The zero-order valence-electron chi connectivity index (χ0n) is 10.8. The summed E-state index contributed by atoms with van der Waals surface area (Å²) in [7, 11) is 2.86. The van der Waals surface area contributed by atoms with Crippen molar-refractivity contribution in [3.63, 3.8) is 0 Å². The minimum Gasteiger partial charge on any atom is -0.496 e. The fourth-order valence-corrected chi connectivity index (χ4v) is 2.17. The van der Waals surface area contributed by atoms with Gasteiger partial charge in [-0.3, -0.25) is 4.79 Å². The molecule has 6 nitrogen and oxygen atoms in total. The maximum absolute atomic E-state index is 11.0. The molecule has 0 saturated carbocycles. The van der Waals surface area contributed by atoms with Crippen LogP contribution in [0.5, 0.6) is 5.75 Å². The summed E-state index contributed by atoms with van der Waals surface area (Å²) in [6, 6.07) is 5.08. The summed E-state index contributed by atoms with van der Waals surface area (Å²) < 4.78 is 15.2. The van der Waals surface area contributed by atoms with Crippen LogP contribution in [0.2, 0.25) is 5.02 Å². The molecule has 0 unspecified atom stereocenters. The van der Waals surface area contributed by atoms with E-state index in [9.17, 15) is 4.79 Å². The van der Waals surface area contributed by atoms with Gasteiger partial charge in [-0.15, -0.1) is 10.2 Å². The summed E-state index contributed by atoms with van der Waals surface area (Å²) in [6.45, 7) is 0. The fourth-order valence-electron chi connectivity index (χ4n) is 1.40. The molecule has 1 aromatic heterocycles. The number of thioether (sulfide) groups is 1. The van der Waals surface area contributed by atoms with E-state index >= 15 is 0 Å². The van der Waals surface area contributed by atoms with E-state index < -0.39 is 0 Å². The van der Waals surface area contributed by atoms with Gasteiger partial charge in [0.25, 0.3) is 11.1 Å². The molecule has 106 valence electrons. The van der Waals surface area contributed by atoms with Gasteiger partial charge in [-0.25, -0.2) is 0 Å². The van der Waals surface area contributed by atoms with Gasteiger partial charge in [0.1, 0.15) is 11.5 Å². The third-order valence-electron chi connectivity index (χ3n) is 2.34. The van der Waals surface area contributed by atoms with Crippen molar-refractivity contribution >= 4 is 29.3 Å². The maximum atomic E-state index is 11.0. The molecule has 0 aliphatic carbocycles. The van der Waals surface area contributed by atoms with Crippen LogP contribution in [0, 0.1) is 0 Å². The van der Waals surface area contributed by atoms with E-state index in [1.807, 2.05) is 0 Å². The summed E-state index contributed by atoms with van der Waals surface area (Å²) >= 11 is 7.04.